The highest BCUT2D eigenvalue weighted by Gasteiger charge is 2.35. The molecule has 0 saturated heterocycles. The van der Waals surface area contributed by atoms with Crippen LogP contribution in [0.4, 0.5) is 5.69 Å². The number of fused-ring (bicyclic) bond motifs is 4. The van der Waals surface area contributed by atoms with Crippen molar-refractivity contribution in [1.82, 2.24) is 4.98 Å². The number of nitrogens with zero attached hydrogens (tertiary/aromatic N) is 1. The minimum absolute atomic E-state index is 0.0571. The monoisotopic (exact) mass is 466 g/mol. The van der Waals surface area contributed by atoms with Crippen LogP contribution in [0.15, 0.2) is 84.9 Å². The second-order valence-electron chi connectivity index (χ2n) is 8.67. The highest BCUT2D eigenvalue weighted by molar-refractivity contribution is 6.19. The molecule has 0 fully saturated rings. The minimum atomic E-state index is -0.0571. The number of H-pyrrole nitrogens is 1. The fraction of sp³-hybridized carbons (Fsp3) is 0.138. The maximum atomic E-state index is 13.8. The van der Waals surface area contributed by atoms with E-state index in [1.165, 1.54) is 5.39 Å². The molecule has 34 heavy (non-hydrogen) atoms. The van der Waals surface area contributed by atoms with Gasteiger partial charge in [0.1, 0.15) is 11.4 Å². The Hall–Kier alpha value is -3.76. The molecular weight excluding hydrogens is 444 g/mol. The van der Waals surface area contributed by atoms with Gasteiger partial charge in [-0.25, -0.2) is 0 Å². The summed E-state index contributed by atoms with van der Waals surface area (Å²) in [6.45, 7) is 0.554. The molecule has 1 aliphatic heterocycles. The van der Waals surface area contributed by atoms with Gasteiger partial charge in [0.25, 0.3) is 5.91 Å². The lowest BCUT2D eigenvalue weighted by Gasteiger charge is -2.19. The van der Waals surface area contributed by atoms with Crippen molar-refractivity contribution in [3.05, 3.63) is 96.2 Å². The van der Waals surface area contributed by atoms with Gasteiger partial charge in [-0.15, -0.1) is 11.6 Å². The quantitative estimate of drug-likeness (QED) is 0.290. The van der Waals surface area contributed by atoms with Crippen LogP contribution in [-0.2, 0) is 0 Å². The van der Waals surface area contributed by atoms with Gasteiger partial charge in [0.05, 0.1) is 7.11 Å². The number of aromatic nitrogens is 1. The Bertz CT molecular complexity index is 1540. The molecule has 4 nitrogen and oxygen atoms in total. The molecule has 1 amide bonds. The molecule has 0 spiro atoms. The first-order valence-corrected chi connectivity index (χ1v) is 11.9. The molecule has 1 unspecified atom stereocenters. The van der Waals surface area contributed by atoms with Gasteiger partial charge in [-0.3, -0.25) is 4.79 Å². The van der Waals surface area contributed by atoms with Crippen molar-refractivity contribution in [3.8, 4) is 16.9 Å². The number of hydrogen-bond donors (Lipinski definition) is 1. The van der Waals surface area contributed by atoms with Gasteiger partial charge in [0.15, 0.2) is 0 Å². The molecule has 1 atom stereocenters. The maximum absolute atomic E-state index is 13.8. The van der Waals surface area contributed by atoms with E-state index >= 15 is 0 Å². The van der Waals surface area contributed by atoms with E-state index in [1.54, 1.807) is 7.11 Å². The number of aromatic amines is 1. The third-order valence-corrected chi connectivity index (χ3v) is 7.11. The molecule has 1 aliphatic rings. The molecule has 5 aromatic rings. The van der Waals surface area contributed by atoms with Crippen LogP contribution in [-0.4, -0.2) is 30.4 Å². The van der Waals surface area contributed by atoms with Crippen LogP contribution in [0.3, 0.4) is 0 Å². The molecule has 5 heteroatoms. The van der Waals surface area contributed by atoms with E-state index in [9.17, 15) is 4.79 Å². The lowest BCUT2D eigenvalue weighted by atomic mass is 9.90. The van der Waals surface area contributed by atoms with Gasteiger partial charge >= 0.3 is 0 Å². The number of hydrogen-bond acceptors (Lipinski definition) is 2. The first kappa shape index (κ1) is 20.8. The van der Waals surface area contributed by atoms with Gasteiger partial charge in [0, 0.05) is 34.9 Å². The highest BCUT2D eigenvalue weighted by Crippen LogP contribution is 2.46. The van der Waals surface area contributed by atoms with Crippen molar-refractivity contribution in [1.29, 1.82) is 0 Å². The van der Waals surface area contributed by atoms with Crippen molar-refractivity contribution >= 4 is 44.9 Å². The summed E-state index contributed by atoms with van der Waals surface area (Å²) >= 11 is 6.45. The molecular formula is C29H23ClN2O2. The first-order valence-electron chi connectivity index (χ1n) is 11.3. The molecule has 1 N–H and O–H groups in total. The van der Waals surface area contributed by atoms with E-state index in [2.05, 4.69) is 47.4 Å². The van der Waals surface area contributed by atoms with E-state index < -0.39 is 0 Å². The van der Waals surface area contributed by atoms with Crippen LogP contribution < -0.4 is 9.64 Å². The number of methoxy groups -OCH3 is 1. The molecule has 0 aliphatic carbocycles. The van der Waals surface area contributed by atoms with Gasteiger partial charge in [-0.1, -0.05) is 54.6 Å². The predicted octanol–water partition coefficient (Wildman–Crippen LogP) is 6.98. The number of benzene rings is 4. The van der Waals surface area contributed by atoms with Crippen molar-refractivity contribution in [3.63, 3.8) is 0 Å². The number of alkyl halides is 1. The lowest BCUT2D eigenvalue weighted by Crippen LogP contribution is -2.30. The van der Waals surface area contributed by atoms with Gasteiger partial charge < -0.3 is 14.6 Å². The Morgan fingerprint density at radius 2 is 1.76 bits per heavy atom. The van der Waals surface area contributed by atoms with Crippen LogP contribution in [0.2, 0.25) is 0 Å². The summed E-state index contributed by atoms with van der Waals surface area (Å²) in [5.41, 5.74) is 5.78. The molecule has 1 aromatic heterocycles. The second kappa shape index (κ2) is 8.23. The summed E-state index contributed by atoms with van der Waals surface area (Å²) in [5, 5.41) is 3.27. The van der Waals surface area contributed by atoms with E-state index in [0.29, 0.717) is 18.1 Å². The van der Waals surface area contributed by atoms with Crippen LogP contribution in [0.25, 0.3) is 32.8 Å². The molecule has 0 saturated carbocycles. The normalized spacial score (nSPS) is 15.1. The number of halogens is 1. The second-order valence-corrected chi connectivity index (χ2v) is 8.98. The summed E-state index contributed by atoms with van der Waals surface area (Å²) in [4.78, 5) is 19.0. The fourth-order valence-electron chi connectivity index (χ4n) is 5.12. The Labute approximate surface area is 202 Å². The molecule has 168 valence electrons. The zero-order valence-electron chi connectivity index (χ0n) is 18.7. The van der Waals surface area contributed by atoms with Crippen LogP contribution in [0, 0.1) is 0 Å². The largest absolute Gasteiger partial charge is 0.497 e. The highest BCUT2D eigenvalue weighted by atomic mass is 35.5. The zero-order chi connectivity index (χ0) is 23.2. The van der Waals surface area contributed by atoms with E-state index in [-0.39, 0.29) is 11.8 Å². The Morgan fingerprint density at radius 1 is 1.00 bits per heavy atom. The molecule has 2 heterocycles. The molecule has 6 rings (SSSR count). The summed E-state index contributed by atoms with van der Waals surface area (Å²) in [7, 11) is 1.64. The summed E-state index contributed by atoms with van der Waals surface area (Å²) in [6, 6.07) is 28.5. The van der Waals surface area contributed by atoms with Gasteiger partial charge in [0.2, 0.25) is 0 Å². The van der Waals surface area contributed by atoms with Crippen molar-refractivity contribution in [2.24, 2.45) is 0 Å². The summed E-state index contributed by atoms with van der Waals surface area (Å²) < 4.78 is 5.34. The van der Waals surface area contributed by atoms with Gasteiger partial charge in [-0.2, -0.15) is 0 Å². The van der Waals surface area contributed by atoms with Crippen LogP contribution in [0.1, 0.15) is 22.0 Å². The van der Waals surface area contributed by atoms with Crippen molar-refractivity contribution in [2.75, 3.05) is 24.4 Å². The van der Waals surface area contributed by atoms with Crippen molar-refractivity contribution < 1.29 is 9.53 Å². The number of carbonyl (C=O) groups is 1. The zero-order valence-corrected chi connectivity index (χ0v) is 19.5. The Morgan fingerprint density at radius 3 is 2.53 bits per heavy atom. The summed E-state index contributed by atoms with van der Waals surface area (Å²) in [6.07, 6.45) is 0. The topological polar surface area (TPSA) is 45.3 Å². The van der Waals surface area contributed by atoms with Crippen LogP contribution in [0.5, 0.6) is 5.75 Å². The van der Waals surface area contributed by atoms with E-state index in [1.807, 2.05) is 47.4 Å². The predicted molar refractivity (Wildman–Crippen MR) is 139 cm³/mol. The van der Waals surface area contributed by atoms with Gasteiger partial charge in [-0.05, 0) is 57.8 Å². The Kier molecular flexibility index (Phi) is 5.04. The lowest BCUT2D eigenvalue weighted by molar-refractivity contribution is 0.0984. The number of anilines is 1. The molecule has 4 aromatic carbocycles. The maximum Gasteiger partial charge on any atom is 0.274 e. The minimum Gasteiger partial charge on any atom is -0.497 e. The SMILES string of the molecule is COc1ccc2[nH]c(C(=O)N3CC(CCl)c4c3cc(-c3ccccc3)c3ccccc43)cc2c1. The average Bonchev–Trinajstić information content (AvgIpc) is 3.49. The Balaban J connectivity index is 1.52. The number of nitrogens with one attached hydrogen (secondary N) is 1. The van der Waals surface area contributed by atoms with E-state index in [0.717, 1.165) is 44.4 Å². The standard InChI is InChI=1S/C29H23ClN2O2/c1-34-21-11-12-25-19(13-21)14-26(31-25)29(33)32-17-20(16-30)28-23-10-6-5-9-22(23)24(15-27(28)32)18-7-3-2-4-8-18/h2-15,20,31H,16-17H2,1H3. The average molecular weight is 467 g/mol. The first-order chi connectivity index (χ1) is 16.7. The smallest absolute Gasteiger partial charge is 0.274 e. The van der Waals surface area contributed by atoms with Crippen molar-refractivity contribution in [2.45, 2.75) is 5.92 Å². The summed E-state index contributed by atoms with van der Waals surface area (Å²) in [5.74, 6) is 1.23. The number of rotatable bonds is 4. The van der Waals surface area contributed by atoms with Crippen LogP contribution >= 0.6 is 11.6 Å². The number of carbonyl (C=O) groups excluding carboxylic acids is 1. The molecule has 0 bridgehead atoms. The van der Waals surface area contributed by atoms with E-state index in [4.69, 9.17) is 16.3 Å². The fourth-order valence-corrected chi connectivity index (χ4v) is 5.37. The number of amides is 1. The third kappa shape index (κ3) is 3.25. The third-order valence-electron chi connectivity index (χ3n) is 6.74. The molecule has 0 radical (unpaired) electrons. The number of ether oxygens (including phenoxy) is 1.